The second kappa shape index (κ2) is 6.12. The molecule has 0 saturated carbocycles. The van der Waals surface area contributed by atoms with Gasteiger partial charge in [-0.25, -0.2) is 10.9 Å². The molecule has 116 valence electrons. The van der Waals surface area contributed by atoms with Crippen LogP contribution in [0.15, 0.2) is 59.1 Å². The van der Waals surface area contributed by atoms with Crippen LogP contribution >= 0.6 is 11.6 Å². The van der Waals surface area contributed by atoms with Gasteiger partial charge in [-0.2, -0.15) is 4.98 Å². The first-order valence-electron chi connectivity index (χ1n) is 7.45. The summed E-state index contributed by atoms with van der Waals surface area (Å²) in [6.07, 6.45) is 0.831. The number of hydrogen-bond acceptors (Lipinski definition) is 5. The summed E-state index contributed by atoms with van der Waals surface area (Å²) in [5, 5.41) is 4.81. The molecule has 6 heteroatoms. The van der Waals surface area contributed by atoms with Crippen LogP contribution in [0.5, 0.6) is 0 Å². The lowest BCUT2D eigenvalue weighted by Gasteiger charge is -2.08. The van der Waals surface area contributed by atoms with Gasteiger partial charge in [0.2, 0.25) is 11.7 Å². The Morgan fingerprint density at radius 3 is 2.48 bits per heavy atom. The predicted molar refractivity (Wildman–Crippen MR) is 87.6 cm³/mol. The Morgan fingerprint density at radius 1 is 0.957 bits per heavy atom. The molecule has 0 aliphatic carbocycles. The first kappa shape index (κ1) is 14.4. The van der Waals surface area contributed by atoms with E-state index in [0.717, 1.165) is 17.0 Å². The fourth-order valence-electron chi connectivity index (χ4n) is 2.71. The summed E-state index contributed by atoms with van der Waals surface area (Å²) in [5.41, 5.74) is 8.61. The second-order valence-corrected chi connectivity index (χ2v) is 5.94. The highest BCUT2D eigenvalue weighted by molar-refractivity contribution is 6.30. The van der Waals surface area contributed by atoms with Crippen LogP contribution in [-0.2, 0) is 0 Å². The molecule has 0 radical (unpaired) electrons. The van der Waals surface area contributed by atoms with Gasteiger partial charge in [0.25, 0.3) is 0 Å². The van der Waals surface area contributed by atoms with Crippen molar-refractivity contribution in [2.45, 2.75) is 18.5 Å². The fourth-order valence-corrected chi connectivity index (χ4v) is 2.84. The van der Waals surface area contributed by atoms with Crippen molar-refractivity contribution in [1.29, 1.82) is 0 Å². The highest BCUT2D eigenvalue weighted by Gasteiger charge is 2.30. The van der Waals surface area contributed by atoms with E-state index in [-0.39, 0.29) is 12.1 Å². The summed E-state index contributed by atoms with van der Waals surface area (Å²) in [6, 6.07) is 17.8. The first-order chi connectivity index (χ1) is 11.3. The number of rotatable bonds is 3. The minimum Gasteiger partial charge on any atom is -0.337 e. The van der Waals surface area contributed by atoms with Gasteiger partial charge in [0.1, 0.15) is 6.04 Å². The van der Waals surface area contributed by atoms with Crippen LogP contribution in [0.1, 0.15) is 30.0 Å². The number of hydrazine groups is 1. The van der Waals surface area contributed by atoms with Crippen LogP contribution in [0.25, 0.3) is 11.4 Å². The minimum absolute atomic E-state index is 0.0133. The van der Waals surface area contributed by atoms with Crippen molar-refractivity contribution in [2.24, 2.45) is 0 Å². The van der Waals surface area contributed by atoms with Crippen molar-refractivity contribution in [2.75, 3.05) is 0 Å². The van der Waals surface area contributed by atoms with Gasteiger partial charge in [-0.15, -0.1) is 0 Å². The van der Waals surface area contributed by atoms with Gasteiger partial charge in [0.15, 0.2) is 0 Å². The van der Waals surface area contributed by atoms with E-state index >= 15 is 0 Å². The summed E-state index contributed by atoms with van der Waals surface area (Å²) in [5.74, 6) is 1.20. The maximum absolute atomic E-state index is 5.93. The van der Waals surface area contributed by atoms with E-state index in [1.807, 2.05) is 54.6 Å². The summed E-state index contributed by atoms with van der Waals surface area (Å²) in [4.78, 5) is 4.50. The lowest BCUT2D eigenvalue weighted by molar-refractivity contribution is 0.340. The monoisotopic (exact) mass is 326 g/mol. The molecule has 5 nitrogen and oxygen atoms in total. The Bertz CT molecular complexity index is 788. The van der Waals surface area contributed by atoms with Crippen LogP contribution in [0.3, 0.4) is 0 Å². The molecule has 4 rings (SSSR count). The molecule has 1 saturated heterocycles. The smallest absolute Gasteiger partial charge is 0.245 e. The zero-order valence-corrected chi connectivity index (χ0v) is 13.0. The lowest BCUT2D eigenvalue weighted by atomic mass is 10.0. The lowest BCUT2D eigenvalue weighted by Crippen LogP contribution is -2.26. The normalized spacial score (nSPS) is 20.7. The van der Waals surface area contributed by atoms with E-state index < -0.39 is 0 Å². The van der Waals surface area contributed by atoms with Crippen LogP contribution < -0.4 is 10.9 Å². The van der Waals surface area contributed by atoms with E-state index in [0.29, 0.717) is 11.7 Å². The highest BCUT2D eigenvalue weighted by atomic mass is 35.5. The van der Waals surface area contributed by atoms with Crippen LogP contribution in [0, 0.1) is 0 Å². The molecule has 2 atom stereocenters. The first-order valence-corrected chi connectivity index (χ1v) is 7.83. The zero-order valence-electron chi connectivity index (χ0n) is 12.2. The molecular weight excluding hydrogens is 312 g/mol. The van der Waals surface area contributed by atoms with E-state index in [1.54, 1.807) is 0 Å². The molecule has 0 amide bonds. The molecule has 2 unspecified atom stereocenters. The maximum Gasteiger partial charge on any atom is 0.245 e. The number of aromatic nitrogens is 2. The number of nitrogens with zero attached hydrogens (tertiary/aromatic N) is 2. The van der Waals surface area contributed by atoms with Crippen molar-refractivity contribution in [3.63, 3.8) is 0 Å². The Kier molecular flexibility index (Phi) is 3.83. The summed E-state index contributed by atoms with van der Waals surface area (Å²) < 4.78 is 5.42. The summed E-state index contributed by atoms with van der Waals surface area (Å²) in [7, 11) is 0. The molecule has 0 bridgehead atoms. The van der Waals surface area contributed by atoms with Gasteiger partial charge in [0.05, 0.1) is 0 Å². The van der Waals surface area contributed by atoms with Crippen molar-refractivity contribution in [3.8, 4) is 11.4 Å². The summed E-state index contributed by atoms with van der Waals surface area (Å²) >= 11 is 5.93. The SMILES string of the molecule is Clc1ccc(C2CC(c3nc(-c4ccccc4)no3)NN2)cc1. The number of benzene rings is 2. The number of halogens is 1. The number of hydrogen-bond donors (Lipinski definition) is 2. The van der Waals surface area contributed by atoms with Crippen molar-refractivity contribution >= 4 is 11.6 Å². The largest absolute Gasteiger partial charge is 0.337 e. The molecule has 2 aromatic carbocycles. The highest BCUT2D eigenvalue weighted by Crippen LogP contribution is 2.31. The van der Waals surface area contributed by atoms with E-state index in [1.165, 1.54) is 5.56 Å². The zero-order chi connectivity index (χ0) is 15.6. The van der Waals surface area contributed by atoms with Crippen LogP contribution in [0.4, 0.5) is 0 Å². The molecule has 3 aromatic rings. The molecule has 23 heavy (non-hydrogen) atoms. The molecule has 1 aliphatic heterocycles. The van der Waals surface area contributed by atoms with Gasteiger partial charge >= 0.3 is 0 Å². The topological polar surface area (TPSA) is 63.0 Å². The Morgan fingerprint density at radius 2 is 1.70 bits per heavy atom. The molecule has 1 aromatic heterocycles. The molecule has 2 N–H and O–H groups in total. The molecule has 2 heterocycles. The standard InChI is InChI=1S/C17H15ClN4O/c18-13-8-6-11(7-9-13)14-10-15(21-20-14)17-19-16(22-23-17)12-4-2-1-3-5-12/h1-9,14-15,20-21H,10H2. The van der Waals surface area contributed by atoms with E-state index in [9.17, 15) is 0 Å². The van der Waals surface area contributed by atoms with E-state index in [2.05, 4.69) is 21.0 Å². The second-order valence-electron chi connectivity index (χ2n) is 5.50. The van der Waals surface area contributed by atoms with Crippen molar-refractivity contribution < 1.29 is 4.52 Å². The predicted octanol–water partition coefficient (Wildman–Crippen LogP) is 3.67. The minimum atomic E-state index is -0.0133. The Balaban J connectivity index is 1.50. The van der Waals surface area contributed by atoms with Gasteiger partial charge in [-0.05, 0) is 24.1 Å². The quantitative estimate of drug-likeness (QED) is 0.769. The average Bonchev–Trinajstić information content (AvgIpc) is 3.26. The molecule has 1 fully saturated rings. The molecule has 1 aliphatic rings. The van der Waals surface area contributed by atoms with Crippen molar-refractivity contribution in [1.82, 2.24) is 21.0 Å². The molecule has 0 spiro atoms. The van der Waals surface area contributed by atoms with Gasteiger partial charge in [-0.3, -0.25) is 0 Å². The third kappa shape index (κ3) is 2.99. The third-order valence-corrected chi connectivity index (χ3v) is 4.20. The molecular formula is C17H15ClN4O. The van der Waals surface area contributed by atoms with Crippen LogP contribution in [-0.4, -0.2) is 10.1 Å². The Hall–Kier alpha value is -2.21. The van der Waals surface area contributed by atoms with Gasteiger partial charge in [0, 0.05) is 16.6 Å². The van der Waals surface area contributed by atoms with Gasteiger partial charge < -0.3 is 4.52 Å². The Labute approximate surface area is 138 Å². The van der Waals surface area contributed by atoms with E-state index in [4.69, 9.17) is 16.1 Å². The third-order valence-electron chi connectivity index (χ3n) is 3.95. The summed E-state index contributed by atoms with van der Waals surface area (Å²) in [6.45, 7) is 0. The number of nitrogens with one attached hydrogen (secondary N) is 2. The maximum atomic E-state index is 5.93. The fraction of sp³-hybridized carbons (Fsp3) is 0.176. The van der Waals surface area contributed by atoms with Crippen LogP contribution in [0.2, 0.25) is 5.02 Å². The average molecular weight is 327 g/mol. The van der Waals surface area contributed by atoms with Crippen molar-refractivity contribution in [3.05, 3.63) is 71.1 Å². The van der Waals surface area contributed by atoms with Gasteiger partial charge in [-0.1, -0.05) is 59.2 Å².